The van der Waals surface area contributed by atoms with Gasteiger partial charge in [-0.2, -0.15) is 0 Å². The Kier molecular flexibility index (Phi) is 6.04. The molecule has 1 aromatic carbocycles. The van der Waals surface area contributed by atoms with Gasteiger partial charge in [-0.3, -0.25) is 4.90 Å². The highest BCUT2D eigenvalue weighted by molar-refractivity contribution is 5.74. The van der Waals surface area contributed by atoms with Gasteiger partial charge in [0.05, 0.1) is 12.6 Å². The van der Waals surface area contributed by atoms with E-state index in [0.717, 1.165) is 69.7 Å². The summed E-state index contributed by atoms with van der Waals surface area (Å²) in [5.74, 6) is -0.208. The molecule has 0 aromatic heterocycles. The highest BCUT2D eigenvalue weighted by Gasteiger charge is 2.22. The standard InChI is InChI=1S/C18H26FN3O2/c19-15-5-6-16-14(13-15)3-1-4-17(16)21-18(23)20-7-9-22-8-2-11-24-12-10-22/h5-6,13,17H,1-4,7-12H2,(H2,20,21,23). The highest BCUT2D eigenvalue weighted by Crippen LogP contribution is 2.30. The lowest BCUT2D eigenvalue weighted by Crippen LogP contribution is -2.42. The number of ether oxygens (including phenoxy) is 1. The van der Waals surface area contributed by atoms with Crippen molar-refractivity contribution in [1.29, 1.82) is 0 Å². The molecule has 1 aliphatic carbocycles. The van der Waals surface area contributed by atoms with E-state index < -0.39 is 0 Å². The summed E-state index contributed by atoms with van der Waals surface area (Å²) in [5.41, 5.74) is 2.05. The molecule has 0 bridgehead atoms. The first-order valence-electron chi connectivity index (χ1n) is 8.85. The number of nitrogens with one attached hydrogen (secondary N) is 2. The van der Waals surface area contributed by atoms with Crippen molar-refractivity contribution in [1.82, 2.24) is 15.5 Å². The molecule has 1 heterocycles. The van der Waals surface area contributed by atoms with Gasteiger partial charge in [0.2, 0.25) is 0 Å². The van der Waals surface area contributed by atoms with Crippen LogP contribution in [0.2, 0.25) is 0 Å². The Balaban J connectivity index is 1.45. The van der Waals surface area contributed by atoms with Gasteiger partial charge in [-0.25, -0.2) is 9.18 Å². The van der Waals surface area contributed by atoms with Gasteiger partial charge >= 0.3 is 6.03 Å². The van der Waals surface area contributed by atoms with Crippen LogP contribution in [-0.4, -0.2) is 50.3 Å². The van der Waals surface area contributed by atoms with Crippen molar-refractivity contribution in [2.75, 3.05) is 39.4 Å². The first-order valence-corrected chi connectivity index (χ1v) is 8.85. The maximum absolute atomic E-state index is 13.3. The number of rotatable bonds is 4. The molecule has 6 heteroatoms. The van der Waals surface area contributed by atoms with Gasteiger partial charge in [-0.1, -0.05) is 6.07 Å². The second kappa shape index (κ2) is 8.44. The molecule has 1 fully saturated rings. The lowest BCUT2D eigenvalue weighted by molar-refractivity contribution is 0.141. The summed E-state index contributed by atoms with van der Waals surface area (Å²) in [7, 11) is 0. The van der Waals surface area contributed by atoms with E-state index in [0.29, 0.717) is 6.54 Å². The fourth-order valence-corrected chi connectivity index (χ4v) is 3.49. The van der Waals surface area contributed by atoms with Crippen molar-refractivity contribution in [2.24, 2.45) is 0 Å². The largest absolute Gasteiger partial charge is 0.380 e. The lowest BCUT2D eigenvalue weighted by Gasteiger charge is -2.27. The Hall–Kier alpha value is -1.66. The summed E-state index contributed by atoms with van der Waals surface area (Å²) in [6.45, 7) is 4.99. The predicted molar refractivity (Wildman–Crippen MR) is 90.5 cm³/mol. The molecule has 0 spiro atoms. The van der Waals surface area contributed by atoms with Gasteiger partial charge in [0, 0.05) is 32.8 Å². The number of urea groups is 1. The third-order valence-electron chi connectivity index (χ3n) is 4.75. The summed E-state index contributed by atoms with van der Waals surface area (Å²) >= 11 is 0. The summed E-state index contributed by atoms with van der Waals surface area (Å²) in [5, 5.41) is 5.96. The van der Waals surface area contributed by atoms with E-state index in [4.69, 9.17) is 4.74 Å². The molecule has 1 saturated heterocycles. The molecule has 1 unspecified atom stereocenters. The van der Waals surface area contributed by atoms with Crippen molar-refractivity contribution >= 4 is 6.03 Å². The summed E-state index contributed by atoms with van der Waals surface area (Å²) < 4.78 is 18.8. The van der Waals surface area contributed by atoms with E-state index in [1.165, 1.54) is 6.07 Å². The molecule has 0 saturated carbocycles. The number of benzene rings is 1. The lowest BCUT2D eigenvalue weighted by atomic mass is 9.88. The number of hydrogen-bond donors (Lipinski definition) is 2. The summed E-state index contributed by atoms with van der Waals surface area (Å²) in [4.78, 5) is 14.5. The fraction of sp³-hybridized carbons (Fsp3) is 0.611. The minimum Gasteiger partial charge on any atom is -0.380 e. The Morgan fingerprint density at radius 1 is 1.29 bits per heavy atom. The number of carbonyl (C=O) groups excluding carboxylic acids is 1. The topological polar surface area (TPSA) is 53.6 Å². The van der Waals surface area contributed by atoms with Gasteiger partial charge in [-0.15, -0.1) is 0 Å². The fourth-order valence-electron chi connectivity index (χ4n) is 3.49. The maximum atomic E-state index is 13.3. The second-order valence-electron chi connectivity index (χ2n) is 6.50. The van der Waals surface area contributed by atoms with Crippen LogP contribution >= 0.6 is 0 Å². The van der Waals surface area contributed by atoms with E-state index in [9.17, 15) is 9.18 Å². The van der Waals surface area contributed by atoms with Crippen LogP contribution in [0.3, 0.4) is 0 Å². The van der Waals surface area contributed by atoms with Crippen LogP contribution in [0.1, 0.15) is 36.4 Å². The molecule has 24 heavy (non-hydrogen) atoms. The molecule has 2 aliphatic rings. The zero-order chi connectivity index (χ0) is 16.8. The zero-order valence-corrected chi connectivity index (χ0v) is 14.0. The Bertz CT molecular complexity index is 559. The van der Waals surface area contributed by atoms with Crippen molar-refractivity contribution in [3.63, 3.8) is 0 Å². The molecular weight excluding hydrogens is 309 g/mol. The van der Waals surface area contributed by atoms with Crippen LogP contribution in [0.4, 0.5) is 9.18 Å². The number of fused-ring (bicyclic) bond motifs is 1. The molecule has 2 amide bonds. The number of carbonyl (C=O) groups is 1. The zero-order valence-electron chi connectivity index (χ0n) is 14.0. The van der Waals surface area contributed by atoms with E-state index in [2.05, 4.69) is 15.5 Å². The van der Waals surface area contributed by atoms with Crippen LogP contribution in [-0.2, 0) is 11.2 Å². The minimum absolute atomic E-state index is 0.0269. The maximum Gasteiger partial charge on any atom is 0.315 e. The Morgan fingerprint density at radius 2 is 2.21 bits per heavy atom. The summed E-state index contributed by atoms with van der Waals surface area (Å²) in [6.07, 6.45) is 3.79. The van der Waals surface area contributed by atoms with Crippen LogP contribution in [0.15, 0.2) is 18.2 Å². The summed E-state index contributed by atoms with van der Waals surface area (Å²) in [6, 6.07) is 4.68. The third-order valence-corrected chi connectivity index (χ3v) is 4.75. The van der Waals surface area contributed by atoms with Crippen molar-refractivity contribution in [2.45, 2.75) is 31.7 Å². The molecule has 5 nitrogen and oxygen atoms in total. The Morgan fingerprint density at radius 3 is 3.12 bits per heavy atom. The molecule has 1 aliphatic heterocycles. The average molecular weight is 335 g/mol. The van der Waals surface area contributed by atoms with Crippen LogP contribution in [0.5, 0.6) is 0 Å². The molecular formula is C18H26FN3O2. The number of halogens is 1. The van der Waals surface area contributed by atoms with E-state index in [1.807, 2.05) is 0 Å². The molecule has 3 rings (SSSR count). The van der Waals surface area contributed by atoms with Crippen molar-refractivity contribution < 1.29 is 13.9 Å². The van der Waals surface area contributed by atoms with E-state index in [1.54, 1.807) is 12.1 Å². The number of aryl methyl sites for hydroxylation is 1. The number of hydrogen-bond acceptors (Lipinski definition) is 3. The van der Waals surface area contributed by atoms with E-state index >= 15 is 0 Å². The predicted octanol–water partition coefficient (Wildman–Crippen LogP) is 2.22. The quantitative estimate of drug-likeness (QED) is 0.887. The van der Waals surface area contributed by atoms with Crippen LogP contribution in [0, 0.1) is 5.82 Å². The number of nitrogens with zero attached hydrogens (tertiary/aromatic N) is 1. The normalized spacial score (nSPS) is 21.6. The third kappa shape index (κ3) is 4.68. The highest BCUT2D eigenvalue weighted by atomic mass is 19.1. The van der Waals surface area contributed by atoms with Gasteiger partial charge < -0.3 is 15.4 Å². The van der Waals surface area contributed by atoms with Crippen LogP contribution in [0.25, 0.3) is 0 Å². The molecule has 0 radical (unpaired) electrons. The minimum atomic E-state index is -0.208. The first-order chi connectivity index (χ1) is 11.7. The van der Waals surface area contributed by atoms with Crippen molar-refractivity contribution in [3.8, 4) is 0 Å². The monoisotopic (exact) mass is 335 g/mol. The van der Waals surface area contributed by atoms with Crippen LogP contribution < -0.4 is 10.6 Å². The molecule has 2 N–H and O–H groups in total. The second-order valence-corrected chi connectivity index (χ2v) is 6.50. The molecule has 1 atom stereocenters. The average Bonchev–Trinajstić information content (AvgIpc) is 2.83. The first kappa shape index (κ1) is 17.2. The smallest absolute Gasteiger partial charge is 0.315 e. The Labute approximate surface area is 142 Å². The van der Waals surface area contributed by atoms with Crippen molar-refractivity contribution in [3.05, 3.63) is 35.1 Å². The van der Waals surface area contributed by atoms with Gasteiger partial charge in [0.15, 0.2) is 0 Å². The van der Waals surface area contributed by atoms with Gasteiger partial charge in [0.25, 0.3) is 0 Å². The molecule has 1 aromatic rings. The number of amides is 2. The van der Waals surface area contributed by atoms with E-state index in [-0.39, 0.29) is 17.9 Å². The van der Waals surface area contributed by atoms with Gasteiger partial charge in [-0.05, 0) is 48.9 Å². The SMILES string of the molecule is O=C(NCCN1CCCOCC1)NC1CCCc2cc(F)ccc21. The molecule has 132 valence electrons. The van der Waals surface area contributed by atoms with Gasteiger partial charge in [0.1, 0.15) is 5.82 Å².